The maximum atomic E-state index is 10.9. The van der Waals surface area contributed by atoms with Crippen molar-refractivity contribution < 1.29 is 17.9 Å². The summed E-state index contributed by atoms with van der Waals surface area (Å²) in [6, 6.07) is 1.71. The van der Waals surface area contributed by atoms with Crippen LogP contribution in [-0.4, -0.2) is 25.5 Å². The summed E-state index contributed by atoms with van der Waals surface area (Å²) in [4.78, 5) is 0. The molecule has 0 bridgehead atoms. The normalized spacial score (nSPS) is 14.1. The Morgan fingerprint density at radius 3 is 2.67 bits per heavy atom. The molecule has 1 aromatic heterocycles. The molecule has 1 aromatic rings. The number of aryl methyl sites for hydroxylation is 1. The summed E-state index contributed by atoms with van der Waals surface area (Å²) in [6.07, 6.45) is 2.98. The Balaban J connectivity index is 2.44. The van der Waals surface area contributed by atoms with Crippen molar-refractivity contribution >= 4 is 9.84 Å². The molecule has 0 aliphatic rings. The van der Waals surface area contributed by atoms with Crippen molar-refractivity contribution in [2.75, 3.05) is 12.0 Å². The minimum Gasteiger partial charge on any atom is -0.469 e. The summed E-state index contributed by atoms with van der Waals surface area (Å²) in [5.41, 5.74) is 0.739. The lowest BCUT2D eigenvalue weighted by molar-refractivity contribution is 0.165. The summed E-state index contributed by atoms with van der Waals surface area (Å²) < 4.78 is 26.8. The van der Waals surface area contributed by atoms with Crippen LogP contribution in [0.4, 0.5) is 0 Å². The predicted molar refractivity (Wildman–Crippen MR) is 57.3 cm³/mol. The predicted octanol–water partition coefficient (Wildman–Crippen LogP) is 1.45. The summed E-state index contributed by atoms with van der Waals surface area (Å²) in [7, 11) is -2.93. The number of aliphatic hydroxyl groups excluding tert-OH is 1. The minimum absolute atomic E-state index is 0.112. The molecule has 1 atom stereocenters. The first-order valence-corrected chi connectivity index (χ1v) is 6.86. The second kappa shape index (κ2) is 4.81. The first kappa shape index (κ1) is 12.3. The van der Waals surface area contributed by atoms with E-state index in [4.69, 9.17) is 4.42 Å². The van der Waals surface area contributed by atoms with Crippen molar-refractivity contribution in [3.05, 3.63) is 23.7 Å². The highest BCUT2D eigenvalue weighted by Gasteiger charge is 2.13. The number of aliphatic hydroxyl groups is 1. The van der Waals surface area contributed by atoms with E-state index in [1.807, 2.05) is 0 Å². The number of rotatable bonds is 5. The molecule has 0 fully saturated rings. The van der Waals surface area contributed by atoms with Crippen LogP contribution in [-0.2, 0) is 9.84 Å². The molecule has 5 heteroatoms. The van der Waals surface area contributed by atoms with E-state index < -0.39 is 15.9 Å². The van der Waals surface area contributed by atoms with Gasteiger partial charge in [-0.25, -0.2) is 8.42 Å². The fourth-order valence-corrected chi connectivity index (χ4v) is 2.13. The van der Waals surface area contributed by atoms with E-state index in [0.29, 0.717) is 18.6 Å². The molecule has 0 spiro atoms. The van der Waals surface area contributed by atoms with Crippen molar-refractivity contribution in [3.63, 3.8) is 0 Å². The maximum absolute atomic E-state index is 10.9. The summed E-state index contributed by atoms with van der Waals surface area (Å²) >= 11 is 0. The molecule has 1 N–H and O–H groups in total. The molecule has 86 valence electrons. The zero-order valence-electron chi connectivity index (χ0n) is 8.93. The Morgan fingerprint density at radius 1 is 1.53 bits per heavy atom. The van der Waals surface area contributed by atoms with E-state index in [0.717, 1.165) is 5.56 Å². The van der Waals surface area contributed by atoms with Crippen LogP contribution in [0.5, 0.6) is 0 Å². The Morgan fingerprint density at radius 2 is 2.20 bits per heavy atom. The van der Waals surface area contributed by atoms with Crippen LogP contribution in [0.3, 0.4) is 0 Å². The molecule has 4 nitrogen and oxygen atoms in total. The molecule has 0 radical (unpaired) electrons. The number of hydrogen-bond donors (Lipinski definition) is 1. The zero-order chi connectivity index (χ0) is 11.5. The standard InChI is InChI=1S/C10H16O4S/c1-8-9(5-6-14-8)10(11)4-3-7-15(2,12)13/h5-6,10-11H,3-4,7H2,1-2H3. The van der Waals surface area contributed by atoms with Gasteiger partial charge in [-0.2, -0.15) is 0 Å². The highest BCUT2D eigenvalue weighted by atomic mass is 32.2. The summed E-state index contributed by atoms with van der Waals surface area (Å²) in [5.74, 6) is 0.794. The summed E-state index contributed by atoms with van der Waals surface area (Å²) in [6.45, 7) is 1.77. The number of furan rings is 1. The topological polar surface area (TPSA) is 67.5 Å². The Hall–Kier alpha value is -0.810. The Kier molecular flexibility index (Phi) is 3.93. The number of hydrogen-bond acceptors (Lipinski definition) is 4. The third kappa shape index (κ3) is 4.05. The minimum atomic E-state index is -2.93. The second-order valence-electron chi connectivity index (χ2n) is 3.72. The fourth-order valence-electron chi connectivity index (χ4n) is 1.43. The van der Waals surface area contributed by atoms with Crippen molar-refractivity contribution in [1.82, 2.24) is 0 Å². The highest BCUT2D eigenvalue weighted by Crippen LogP contribution is 2.22. The highest BCUT2D eigenvalue weighted by molar-refractivity contribution is 7.90. The molecule has 1 heterocycles. The van der Waals surface area contributed by atoms with E-state index >= 15 is 0 Å². The van der Waals surface area contributed by atoms with Gasteiger partial charge in [0.1, 0.15) is 15.6 Å². The molecule has 0 aromatic carbocycles. The third-order valence-corrected chi connectivity index (χ3v) is 3.28. The van der Waals surface area contributed by atoms with Gasteiger partial charge in [0.05, 0.1) is 12.4 Å². The molecule has 15 heavy (non-hydrogen) atoms. The average Bonchev–Trinajstić information content (AvgIpc) is 2.48. The van der Waals surface area contributed by atoms with Gasteiger partial charge >= 0.3 is 0 Å². The van der Waals surface area contributed by atoms with Crippen LogP contribution in [0.15, 0.2) is 16.7 Å². The SMILES string of the molecule is Cc1occc1C(O)CCCS(C)(=O)=O. The number of sulfone groups is 1. The van der Waals surface area contributed by atoms with Crippen molar-refractivity contribution in [1.29, 1.82) is 0 Å². The molecule has 0 saturated heterocycles. The van der Waals surface area contributed by atoms with Crippen molar-refractivity contribution in [3.8, 4) is 0 Å². The lowest BCUT2D eigenvalue weighted by Crippen LogP contribution is -2.05. The lowest BCUT2D eigenvalue weighted by atomic mass is 10.1. The van der Waals surface area contributed by atoms with Crippen LogP contribution in [0.25, 0.3) is 0 Å². The van der Waals surface area contributed by atoms with E-state index in [9.17, 15) is 13.5 Å². The van der Waals surface area contributed by atoms with Gasteiger partial charge in [-0.3, -0.25) is 0 Å². The molecule has 0 amide bonds. The van der Waals surface area contributed by atoms with Crippen LogP contribution in [0, 0.1) is 6.92 Å². The second-order valence-corrected chi connectivity index (χ2v) is 5.98. The van der Waals surface area contributed by atoms with Crippen LogP contribution in [0.1, 0.15) is 30.3 Å². The van der Waals surface area contributed by atoms with Crippen LogP contribution < -0.4 is 0 Å². The molecule has 1 unspecified atom stereocenters. The summed E-state index contributed by atoms with van der Waals surface area (Å²) in [5, 5.41) is 9.73. The van der Waals surface area contributed by atoms with Gasteiger partial charge in [0.25, 0.3) is 0 Å². The van der Waals surface area contributed by atoms with Gasteiger partial charge in [0.15, 0.2) is 0 Å². The Bertz CT molecular complexity index is 405. The fraction of sp³-hybridized carbons (Fsp3) is 0.600. The maximum Gasteiger partial charge on any atom is 0.147 e. The average molecular weight is 232 g/mol. The smallest absolute Gasteiger partial charge is 0.147 e. The van der Waals surface area contributed by atoms with Crippen molar-refractivity contribution in [2.45, 2.75) is 25.9 Å². The van der Waals surface area contributed by atoms with Gasteiger partial charge < -0.3 is 9.52 Å². The van der Waals surface area contributed by atoms with Crippen molar-refractivity contribution in [2.24, 2.45) is 0 Å². The molecule has 0 aliphatic heterocycles. The van der Waals surface area contributed by atoms with Gasteiger partial charge in [-0.15, -0.1) is 0 Å². The van der Waals surface area contributed by atoms with Gasteiger partial charge in [0.2, 0.25) is 0 Å². The lowest BCUT2D eigenvalue weighted by Gasteiger charge is -2.08. The quantitative estimate of drug-likeness (QED) is 0.834. The largest absolute Gasteiger partial charge is 0.469 e. The molecular weight excluding hydrogens is 216 g/mol. The van der Waals surface area contributed by atoms with Gasteiger partial charge in [0, 0.05) is 17.6 Å². The van der Waals surface area contributed by atoms with E-state index in [1.54, 1.807) is 13.0 Å². The molecular formula is C10H16O4S. The van der Waals surface area contributed by atoms with E-state index in [-0.39, 0.29) is 5.75 Å². The van der Waals surface area contributed by atoms with Gasteiger partial charge in [-0.05, 0) is 25.8 Å². The monoisotopic (exact) mass is 232 g/mol. The van der Waals surface area contributed by atoms with E-state index in [2.05, 4.69) is 0 Å². The first-order chi connectivity index (χ1) is 6.90. The molecule has 0 saturated carbocycles. The van der Waals surface area contributed by atoms with Crippen LogP contribution >= 0.6 is 0 Å². The zero-order valence-corrected chi connectivity index (χ0v) is 9.75. The van der Waals surface area contributed by atoms with Crippen LogP contribution in [0.2, 0.25) is 0 Å². The molecule has 0 aliphatic carbocycles. The Labute approximate surface area is 89.8 Å². The van der Waals surface area contributed by atoms with E-state index in [1.165, 1.54) is 12.5 Å². The third-order valence-electron chi connectivity index (χ3n) is 2.25. The first-order valence-electron chi connectivity index (χ1n) is 4.80. The molecule has 1 rings (SSSR count). The van der Waals surface area contributed by atoms with Gasteiger partial charge in [-0.1, -0.05) is 0 Å².